The maximum Gasteiger partial charge on any atom is 0.270 e. The standard InChI is InChI=1S/C22H22N4O5/c27-22(20-11-15-3-1-2-4-19(15)23-20)25-7-5-24(6-8-25)12-16-9-18(26(28)29)10-17-13-30-14-31-21(16)17/h1-4,9-11,23H,5-8,12-14H2. The molecule has 0 saturated carbocycles. The highest BCUT2D eigenvalue weighted by atomic mass is 16.7. The number of piperazine rings is 1. The lowest BCUT2D eigenvalue weighted by Crippen LogP contribution is -2.48. The van der Waals surface area contributed by atoms with Gasteiger partial charge in [0.25, 0.3) is 11.6 Å². The highest BCUT2D eigenvalue weighted by Crippen LogP contribution is 2.33. The predicted octanol–water partition coefficient (Wildman–Crippen LogP) is 2.90. The molecule has 0 spiro atoms. The number of amides is 1. The van der Waals surface area contributed by atoms with Crippen molar-refractivity contribution in [3.05, 3.63) is 69.4 Å². The van der Waals surface area contributed by atoms with Crippen LogP contribution in [0.4, 0.5) is 5.69 Å². The van der Waals surface area contributed by atoms with Gasteiger partial charge in [-0.2, -0.15) is 0 Å². The number of para-hydroxylation sites is 1. The zero-order valence-corrected chi connectivity index (χ0v) is 16.9. The van der Waals surface area contributed by atoms with Crippen LogP contribution >= 0.6 is 0 Å². The van der Waals surface area contributed by atoms with Crippen LogP contribution in [0.2, 0.25) is 0 Å². The smallest absolute Gasteiger partial charge is 0.270 e. The summed E-state index contributed by atoms with van der Waals surface area (Å²) >= 11 is 0. The van der Waals surface area contributed by atoms with Gasteiger partial charge < -0.3 is 19.4 Å². The van der Waals surface area contributed by atoms with Crippen molar-refractivity contribution < 1.29 is 19.2 Å². The third-order valence-electron chi connectivity index (χ3n) is 5.80. The average Bonchev–Trinajstić information content (AvgIpc) is 3.23. The second-order valence-electron chi connectivity index (χ2n) is 7.80. The number of nitro groups is 1. The predicted molar refractivity (Wildman–Crippen MR) is 113 cm³/mol. The summed E-state index contributed by atoms with van der Waals surface area (Å²) in [5.41, 5.74) is 3.06. The first kappa shape index (κ1) is 19.5. The number of H-pyrrole nitrogens is 1. The molecule has 1 saturated heterocycles. The molecule has 1 aromatic heterocycles. The summed E-state index contributed by atoms with van der Waals surface area (Å²) in [5, 5.41) is 12.3. The minimum atomic E-state index is -0.394. The molecule has 1 amide bonds. The molecule has 0 atom stereocenters. The van der Waals surface area contributed by atoms with Crippen LogP contribution in [0.5, 0.6) is 5.75 Å². The quantitative estimate of drug-likeness (QED) is 0.513. The maximum atomic E-state index is 12.9. The molecular weight excluding hydrogens is 400 g/mol. The molecule has 31 heavy (non-hydrogen) atoms. The van der Waals surface area contributed by atoms with Crippen LogP contribution in [0.1, 0.15) is 21.6 Å². The van der Waals surface area contributed by atoms with Gasteiger partial charge in [0.2, 0.25) is 0 Å². The molecular formula is C22H22N4O5. The van der Waals surface area contributed by atoms with Crippen LogP contribution in [0.25, 0.3) is 10.9 Å². The Balaban J connectivity index is 1.27. The Morgan fingerprint density at radius 3 is 2.71 bits per heavy atom. The third kappa shape index (κ3) is 3.85. The van der Waals surface area contributed by atoms with E-state index in [2.05, 4.69) is 9.88 Å². The number of carbonyl (C=O) groups excluding carboxylic acids is 1. The SMILES string of the molecule is O=C(c1cc2ccccc2[nH]1)N1CCN(Cc2cc([N+](=O)[O-])cc3c2OCOC3)CC1. The number of hydrogen-bond donors (Lipinski definition) is 1. The Labute approximate surface area is 178 Å². The first-order chi connectivity index (χ1) is 15.1. The molecule has 2 aliphatic rings. The van der Waals surface area contributed by atoms with Crippen molar-refractivity contribution >= 4 is 22.5 Å². The fourth-order valence-electron chi connectivity index (χ4n) is 4.21. The number of nitro benzene ring substituents is 1. The van der Waals surface area contributed by atoms with Crippen LogP contribution in [-0.4, -0.2) is 58.6 Å². The Bertz CT molecular complexity index is 1120. The number of aromatic nitrogens is 1. The molecule has 0 bridgehead atoms. The van der Waals surface area contributed by atoms with E-state index in [-0.39, 0.29) is 18.4 Å². The molecule has 2 aliphatic heterocycles. The van der Waals surface area contributed by atoms with Gasteiger partial charge in [-0.25, -0.2) is 0 Å². The van der Waals surface area contributed by atoms with Crippen molar-refractivity contribution in [2.45, 2.75) is 13.2 Å². The molecule has 2 aromatic carbocycles. The second-order valence-corrected chi connectivity index (χ2v) is 7.80. The number of nitrogens with zero attached hydrogens (tertiary/aromatic N) is 3. The number of non-ortho nitro benzene ring substituents is 1. The van der Waals surface area contributed by atoms with Gasteiger partial charge in [-0.15, -0.1) is 0 Å². The van der Waals surface area contributed by atoms with E-state index in [1.807, 2.05) is 35.2 Å². The zero-order chi connectivity index (χ0) is 21.4. The number of aromatic amines is 1. The Kier molecular flexibility index (Phi) is 5.05. The van der Waals surface area contributed by atoms with Gasteiger partial charge in [0, 0.05) is 66.9 Å². The van der Waals surface area contributed by atoms with Gasteiger partial charge >= 0.3 is 0 Å². The van der Waals surface area contributed by atoms with Gasteiger partial charge in [-0.05, 0) is 12.1 Å². The Morgan fingerprint density at radius 1 is 1.13 bits per heavy atom. The van der Waals surface area contributed by atoms with E-state index in [9.17, 15) is 14.9 Å². The molecule has 1 N–H and O–H groups in total. The lowest BCUT2D eigenvalue weighted by Gasteiger charge is -2.35. The van der Waals surface area contributed by atoms with Gasteiger partial charge in [0.05, 0.1) is 11.5 Å². The Hall–Kier alpha value is -3.43. The van der Waals surface area contributed by atoms with E-state index in [4.69, 9.17) is 9.47 Å². The molecule has 3 heterocycles. The highest BCUT2D eigenvalue weighted by molar-refractivity contribution is 5.98. The largest absolute Gasteiger partial charge is 0.467 e. The number of ether oxygens (including phenoxy) is 2. The van der Waals surface area contributed by atoms with Crippen LogP contribution in [0.15, 0.2) is 42.5 Å². The van der Waals surface area contributed by atoms with Crippen molar-refractivity contribution in [3.63, 3.8) is 0 Å². The number of hydrogen-bond acceptors (Lipinski definition) is 6. The number of rotatable bonds is 4. The number of fused-ring (bicyclic) bond motifs is 2. The van der Waals surface area contributed by atoms with Gasteiger partial charge in [-0.3, -0.25) is 19.8 Å². The lowest BCUT2D eigenvalue weighted by molar-refractivity contribution is -0.385. The summed E-state index contributed by atoms with van der Waals surface area (Å²) in [6.45, 7) is 3.52. The van der Waals surface area contributed by atoms with Crippen LogP contribution in [0, 0.1) is 10.1 Å². The van der Waals surface area contributed by atoms with Crippen molar-refractivity contribution in [1.82, 2.24) is 14.8 Å². The van der Waals surface area contributed by atoms with E-state index in [0.717, 1.165) is 16.5 Å². The van der Waals surface area contributed by atoms with Crippen LogP contribution < -0.4 is 4.74 Å². The van der Waals surface area contributed by atoms with E-state index in [1.54, 1.807) is 6.07 Å². The molecule has 5 rings (SSSR count). The van der Waals surface area contributed by atoms with E-state index < -0.39 is 4.92 Å². The summed E-state index contributed by atoms with van der Waals surface area (Å²) in [7, 11) is 0. The summed E-state index contributed by atoms with van der Waals surface area (Å²) in [6, 6.07) is 12.8. The summed E-state index contributed by atoms with van der Waals surface area (Å²) in [6.07, 6.45) is 0. The fraction of sp³-hybridized carbons (Fsp3) is 0.318. The fourth-order valence-corrected chi connectivity index (χ4v) is 4.21. The molecule has 0 aliphatic carbocycles. The lowest BCUT2D eigenvalue weighted by atomic mass is 10.1. The highest BCUT2D eigenvalue weighted by Gasteiger charge is 2.26. The van der Waals surface area contributed by atoms with Crippen molar-refractivity contribution in [3.8, 4) is 5.75 Å². The maximum absolute atomic E-state index is 12.9. The first-order valence-corrected chi connectivity index (χ1v) is 10.2. The van der Waals surface area contributed by atoms with Gasteiger partial charge in [-0.1, -0.05) is 18.2 Å². The van der Waals surface area contributed by atoms with E-state index in [1.165, 1.54) is 6.07 Å². The summed E-state index contributed by atoms with van der Waals surface area (Å²) in [4.78, 5) is 31.1. The zero-order valence-electron chi connectivity index (χ0n) is 16.9. The normalized spacial score (nSPS) is 16.7. The molecule has 160 valence electrons. The van der Waals surface area contributed by atoms with Gasteiger partial charge in [0.1, 0.15) is 11.4 Å². The van der Waals surface area contributed by atoms with Gasteiger partial charge in [0.15, 0.2) is 6.79 Å². The first-order valence-electron chi connectivity index (χ1n) is 10.2. The minimum absolute atomic E-state index is 0.0101. The number of carbonyl (C=O) groups is 1. The van der Waals surface area contributed by atoms with Crippen molar-refractivity contribution in [2.24, 2.45) is 0 Å². The number of nitrogens with one attached hydrogen (secondary N) is 1. The van der Waals surface area contributed by atoms with Crippen molar-refractivity contribution in [1.29, 1.82) is 0 Å². The third-order valence-corrected chi connectivity index (χ3v) is 5.80. The molecule has 0 radical (unpaired) electrons. The van der Waals surface area contributed by atoms with E-state index >= 15 is 0 Å². The Morgan fingerprint density at radius 2 is 1.94 bits per heavy atom. The molecule has 9 heteroatoms. The van der Waals surface area contributed by atoms with Crippen molar-refractivity contribution in [2.75, 3.05) is 33.0 Å². The van der Waals surface area contributed by atoms with E-state index in [0.29, 0.717) is 56.3 Å². The van der Waals surface area contributed by atoms with Crippen LogP contribution in [0.3, 0.4) is 0 Å². The molecule has 3 aromatic rings. The average molecular weight is 422 g/mol. The second kappa shape index (κ2) is 8.01. The topological polar surface area (TPSA) is 101 Å². The summed E-state index contributed by atoms with van der Waals surface area (Å²) < 4.78 is 10.9. The molecule has 0 unspecified atom stereocenters. The van der Waals surface area contributed by atoms with Crippen LogP contribution in [-0.2, 0) is 17.9 Å². The number of benzene rings is 2. The molecule has 1 fully saturated rings. The minimum Gasteiger partial charge on any atom is -0.467 e. The molecule has 9 nitrogen and oxygen atoms in total. The summed E-state index contributed by atoms with van der Waals surface area (Å²) in [5.74, 6) is 0.664. The monoisotopic (exact) mass is 422 g/mol.